The van der Waals surface area contributed by atoms with Crippen LogP contribution in [0.4, 0.5) is 0 Å². The highest BCUT2D eigenvalue weighted by Gasteiger charge is 2.54. The molecule has 35 heavy (non-hydrogen) atoms. The summed E-state index contributed by atoms with van der Waals surface area (Å²) in [5.41, 5.74) is 9.57. The third-order valence-electron chi connectivity index (χ3n) is 6.57. The Morgan fingerprint density at radius 2 is 2.00 bits per heavy atom. The summed E-state index contributed by atoms with van der Waals surface area (Å²) in [6, 6.07) is 8.85. The highest BCUT2D eigenvalue weighted by Crippen LogP contribution is 2.48. The van der Waals surface area contributed by atoms with Crippen molar-refractivity contribution in [2.75, 3.05) is 6.54 Å². The number of carboxylic acids is 1. The molecule has 0 radical (unpaired) electrons. The number of aromatic nitrogens is 3. The molecule has 2 aliphatic rings. The Hall–Kier alpha value is -3.08. The molecule has 3 aromatic heterocycles. The highest BCUT2D eigenvalue weighted by atomic mass is 32.1. The Labute approximate surface area is 211 Å². The minimum Gasteiger partial charge on any atom is -0.477 e. The van der Waals surface area contributed by atoms with Crippen LogP contribution in [0.15, 0.2) is 35.8 Å². The molecule has 1 aliphatic carbocycles. The van der Waals surface area contributed by atoms with Gasteiger partial charge in [0.05, 0.1) is 15.6 Å². The number of thiazole rings is 2. The van der Waals surface area contributed by atoms with Crippen LogP contribution in [0.3, 0.4) is 0 Å². The summed E-state index contributed by atoms with van der Waals surface area (Å²) in [4.78, 5) is 36.3. The van der Waals surface area contributed by atoms with E-state index in [0.29, 0.717) is 29.9 Å². The fourth-order valence-electron chi connectivity index (χ4n) is 4.91. The van der Waals surface area contributed by atoms with Crippen LogP contribution in [0.25, 0.3) is 15.4 Å². The normalized spacial score (nSPS) is 20.5. The van der Waals surface area contributed by atoms with Gasteiger partial charge in [-0.25, -0.2) is 14.8 Å². The molecule has 10 heteroatoms. The molecule has 3 atom stereocenters. The summed E-state index contributed by atoms with van der Waals surface area (Å²) >= 11 is 3.03. The molecule has 0 bridgehead atoms. The topological polar surface area (TPSA) is 114 Å². The lowest BCUT2D eigenvalue weighted by Crippen LogP contribution is -2.42. The minimum atomic E-state index is -0.932. The number of nitrogens with zero attached hydrogens (tertiary/aromatic N) is 4. The van der Waals surface area contributed by atoms with Gasteiger partial charge in [0.15, 0.2) is 10.7 Å². The van der Waals surface area contributed by atoms with E-state index in [0.717, 1.165) is 33.3 Å². The second-order valence-corrected chi connectivity index (χ2v) is 11.2. The fourth-order valence-corrected chi connectivity index (χ4v) is 6.58. The van der Waals surface area contributed by atoms with Crippen molar-refractivity contribution in [1.29, 1.82) is 0 Å². The maximum absolute atomic E-state index is 13.2. The zero-order chi connectivity index (χ0) is 24.9. The van der Waals surface area contributed by atoms with Crippen LogP contribution in [0.1, 0.15) is 50.1 Å². The number of fused-ring (bicyclic) bond motifs is 2. The van der Waals surface area contributed by atoms with Gasteiger partial charge in [0, 0.05) is 30.2 Å². The Morgan fingerprint density at radius 1 is 1.20 bits per heavy atom. The number of carboxylic acid groups (broad SMARTS) is 1. The molecule has 0 spiro atoms. The van der Waals surface area contributed by atoms with E-state index in [9.17, 15) is 9.59 Å². The third kappa shape index (κ3) is 4.37. The number of carbonyl (C=O) groups is 2. The number of likely N-dealkylation sites (tertiary alicyclic amines) is 1. The average Bonchev–Trinajstić information content (AvgIpc) is 3.17. The number of aromatic carboxylic acids is 1. The molecule has 2 fully saturated rings. The van der Waals surface area contributed by atoms with Crippen LogP contribution in [0.2, 0.25) is 0 Å². The van der Waals surface area contributed by atoms with Gasteiger partial charge < -0.3 is 15.7 Å². The zero-order valence-electron chi connectivity index (χ0n) is 19.8. The lowest BCUT2D eigenvalue weighted by molar-refractivity contribution is 0.0683. The number of rotatable bonds is 4. The quantitative estimate of drug-likeness (QED) is 0.422. The van der Waals surface area contributed by atoms with E-state index in [1.165, 1.54) is 16.9 Å². The van der Waals surface area contributed by atoms with Crippen LogP contribution in [-0.2, 0) is 0 Å². The van der Waals surface area contributed by atoms with E-state index in [4.69, 9.17) is 10.8 Å². The van der Waals surface area contributed by atoms with Gasteiger partial charge in [0.25, 0.3) is 5.91 Å². The molecule has 6 rings (SSSR count). The first-order valence-electron chi connectivity index (χ1n) is 11.5. The molecule has 0 unspecified atom stereocenters. The van der Waals surface area contributed by atoms with Gasteiger partial charge in [0.2, 0.25) is 0 Å². The first-order valence-corrected chi connectivity index (χ1v) is 13.2. The van der Waals surface area contributed by atoms with Crippen molar-refractivity contribution in [3.63, 3.8) is 0 Å². The lowest BCUT2D eigenvalue weighted by Gasteiger charge is -2.26. The van der Waals surface area contributed by atoms with Gasteiger partial charge in [-0.3, -0.25) is 9.20 Å². The zero-order valence-corrected chi connectivity index (χ0v) is 21.4. The van der Waals surface area contributed by atoms with Gasteiger partial charge in [-0.1, -0.05) is 29.8 Å². The second kappa shape index (κ2) is 9.18. The minimum absolute atomic E-state index is 0.0614. The number of amides is 1. The van der Waals surface area contributed by atoms with Gasteiger partial charge in [-0.15, -0.1) is 22.7 Å². The fraction of sp³-hybridized carbons (Fsp3) is 0.360. The second-order valence-electron chi connectivity index (χ2n) is 9.09. The van der Waals surface area contributed by atoms with E-state index in [1.807, 2.05) is 23.3 Å². The maximum atomic E-state index is 13.2. The van der Waals surface area contributed by atoms with Crippen molar-refractivity contribution in [2.45, 2.75) is 45.7 Å². The predicted octanol–water partition coefficient (Wildman–Crippen LogP) is 4.39. The molecule has 1 amide bonds. The van der Waals surface area contributed by atoms with Crippen LogP contribution in [-0.4, -0.2) is 54.9 Å². The number of benzene rings is 1. The summed E-state index contributed by atoms with van der Waals surface area (Å²) < 4.78 is 1.59. The van der Waals surface area contributed by atoms with Crippen LogP contribution in [0.5, 0.6) is 0 Å². The molecule has 8 nitrogen and oxygen atoms in total. The first kappa shape index (κ1) is 23.7. The van der Waals surface area contributed by atoms with Gasteiger partial charge in [-0.05, 0) is 45.1 Å². The lowest BCUT2D eigenvalue weighted by atomic mass is 10.1. The van der Waals surface area contributed by atoms with Gasteiger partial charge in [0.1, 0.15) is 5.69 Å². The smallest absolute Gasteiger partial charge is 0.354 e. The molecule has 3 N–H and O–H groups in total. The average molecular weight is 510 g/mol. The summed E-state index contributed by atoms with van der Waals surface area (Å²) in [6.07, 6.45) is 3.89. The molecular weight excluding hydrogens is 482 g/mol. The predicted molar refractivity (Wildman–Crippen MR) is 137 cm³/mol. The van der Waals surface area contributed by atoms with Crippen LogP contribution >= 0.6 is 22.7 Å². The van der Waals surface area contributed by atoms with E-state index < -0.39 is 5.97 Å². The molecule has 4 heterocycles. The number of hydrogen-bond acceptors (Lipinski definition) is 7. The number of hydrogen-bond donors (Lipinski definition) is 2. The van der Waals surface area contributed by atoms with Crippen LogP contribution in [0, 0.1) is 26.7 Å². The van der Waals surface area contributed by atoms with Crippen molar-refractivity contribution in [3.05, 3.63) is 63.5 Å². The molecule has 4 aromatic rings. The third-order valence-corrected chi connectivity index (χ3v) is 8.35. The summed E-state index contributed by atoms with van der Waals surface area (Å²) in [5.74, 6) is -0.209. The standard InChI is InChI=1S/C18H21N3OS.C7H6N2O2S/c1-10-4-3-5-12(6-10)17-16(20-11(2)23-17)18(22)21-14(9-19)7-13-8-15(13)21;1-4-5(6(10)11)9-2-3-12-7(9)8-4/h3-6,13-15H,7-9,19H2,1-2H3;2-3H,1H3,(H,10,11)/t13-,14+,15+;/m1./s1. The summed E-state index contributed by atoms with van der Waals surface area (Å²) in [6.45, 7) is 6.27. The number of imidazole rings is 1. The Kier molecular flexibility index (Phi) is 6.20. The van der Waals surface area contributed by atoms with Gasteiger partial charge in [-0.2, -0.15) is 0 Å². The van der Waals surface area contributed by atoms with E-state index >= 15 is 0 Å². The Morgan fingerprint density at radius 3 is 2.71 bits per heavy atom. The van der Waals surface area contributed by atoms with Crippen molar-refractivity contribution in [3.8, 4) is 10.4 Å². The van der Waals surface area contributed by atoms with Crippen molar-refractivity contribution < 1.29 is 14.7 Å². The molecule has 1 saturated heterocycles. The Balaban J connectivity index is 0.000000178. The maximum Gasteiger partial charge on any atom is 0.354 e. The largest absolute Gasteiger partial charge is 0.477 e. The molecular formula is C25H27N5O3S2. The van der Waals surface area contributed by atoms with E-state index in [1.54, 1.807) is 28.9 Å². The number of nitrogens with two attached hydrogens (primary N) is 1. The summed E-state index contributed by atoms with van der Waals surface area (Å²) in [7, 11) is 0. The van der Waals surface area contributed by atoms with Crippen molar-refractivity contribution in [1.82, 2.24) is 19.3 Å². The number of piperidine rings is 1. The number of aryl methyl sites for hydroxylation is 3. The SMILES string of the molecule is Cc1cccc(-c2sc(C)nc2C(=O)N2[C@H](CN)C[C@@H]3C[C@@H]32)c1.Cc1nc2sccn2c1C(=O)O. The van der Waals surface area contributed by atoms with Crippen LogP contribution < -0.4 is 5.73 Å². The molecule has 1 aromatic carbocycles. The first-order chi connectivity index (χ1) is 16.8. The van der Waals surface area contributed by atoms with Gasteiger partial charge >= 0.3 is 5.97 Å². The number of carbonyl (C=O) groups excluding carboxylic acids is 1. The molecule has 1 saturated carbocycles. The van der Waals surface area contributed by atoms with E-state index in [2.05, 4.69) is 35.1 Å². The monoisotopic (exact) mass is 509 g/mol. The van der Waals surface area contributed by atoms with Crippen molar-refractivity contribution >= 4 is 39.5 Å². The Bertz CT molecular complexity index is 1420. The van der Waals surface area contributed by atoms with E-state index in [-0.39, 0.29) is 17.6 Å². The molecule has 1 aliphatic heterocycles. The highest BCUT2D eigenvalue weighted by molar-refractivity contribution is 7.15. The van der Waals surface area contributed by atoms with Crippen molar-refractivity contribution in [2.24, 2.45) is 11.7 Å². The molecule has 182 valence electrons. The summed E-state index contributed by atoms with van der Waals surface area (Å²) in [5, 5.41) is 11.6.